The van der Waals surface area contributed by atoms with E-state index in [-0.39, 0.29) is 17.3 Å². The second-order valence-corrected chi connectivity index (χ2v) is 6.39. The Hall–Kier alpha value is -1.89. The number of aromatic nitrogens is 3. The summed E-state index contributed by atoms with van der Waals surface area (Å²) in [6, 6.07) is 5.20. The number of halogens is 1. The topological polar surface area (TPSA) is 59.8 Å². The first-order chi connectivity index (χ1) is 10.5. The summed E-state index contributed by atoms with van der Waals surface area (Å²) in [5.74, 6) is 0.374. The molecule has 1 saturated carbocycles. The fraction of sp³-hybridized carbons (Fsp3) is 0.400. The van der Waals surface area contributed by atoms with Crippen LogP contribution in [0.4, 0.5) is 10.1 Å². The Morgan fingerprint density at radius 1 is 1.41 bits per heavy atom. The van der Waals surface area contributed by atoms with E-state index in [9.17, 15) is 9.18 Å². The van der Waals surface area contributed by atoms with Crippen LogP contribution in [-0.4, -0.2) is 26.4 Å². The van der Waals surface area contributed by atoms with Gasteiger partial charge in [0.05, 0.1) is 11.4 Å². The molecule has 5 nitrogen and oxygen atoms in total. The Balaban J connectivity index is 1.61. The van der Waals surface area contributed by atoms with Gasteiger partial charge in [-0.15, -0.1) is 10.2 Å². The number of hydrogen-bond donors (Lipinski definition) is 1. The van der Waals surface area contributed by atoms with E-state index in [1.807, 2.05) is 6.92 Å². The molecule has 7 heteroatoms. The highest BCUT2D eigenvalue weighted by molar-refractivity contribution is 7.99. The Kier molecular flexibility index (Phi) is 4.15. The number of carbonyl (C=O) groups is 1. The lowest BCUT2D eigenvalue weighted by Crippen LogP contribution is -2.15. The normalized spacial score (nSPS) is 14.1. The van der Waals surface area contributed by atoms with Gasteiger partial charge in [0.2, 0.25) is 5.91 Å². The average Bonchev–Trinajstić information content (AvgIpc) is 3.23. The average molecular weight is 320 g/mol. The predicted molar refractivity (Wildman–Crippen MR) is 83.5 cm³/mol. The minimum atomic E-state index is -0.421. The molecule has 0 saturated heterocycles. The minimum Gasteiger partial charge on any atom is -0.323 e. The number of hydrogen-bond acceptors (Lipinski definition) is 4. The van der Waals surface area contributed by atoms with Crippen LogP contribution in [0.1, 0.15) is 30.3 Å². The minimum absolute atomic E-state index is 0.179. The van der Waals surface area contributed by atoms with Gasteiger partial charge in [-0.2, -0.15) is 0 Å². The van der Waals surface area contributed by atoms with Crippen molar-refractivity contribution < 1.29 is 9.18 Å². The van der Waals surface area contributed by atoms with Gasteiger partial charge in [0.25, 0.3) is 0 Å². The lowest BCUT2D eigenvalue weighted by molar-refractivity contribution is -0.113. The molecule has 1 aliphatic carbocycles. The van der Waals surface area contributed by atoms with E-state index in [4.69, 9.17) is 0 Å². The van der Waals surface area contributed by atoms with Gasteiger partial charge in [-0.05, 0) is 44.4 Å². The Morgan fingerprint density at radius 3 is 2.86 bits per heavy atom. The molecule has 1 aromatic heterocycles. The molecule has 1 aromatic carbocycles. The van der Waals surface area contributed by atoms with Gasteiger partial charge < -0.3 is 9.88 Å². The number of benzene rings is 1. The number of aryl methyl sites for hydroxylation is 2. The van der Waals surface area contributed by atoms with Crippen molar-refractivity contribution in [2.75, 3.05) is 11.1 Å². The zero-order chi connectivity index (χ0) is 15.7. The fourth-order valence-electron chi connectivity index (χ4n) is 2.24. The van der Waals surface area contributed by atoms with E-state index in [1.54, 1.807) is 19.1 Å². The Morgan fingerprint density at radius 2 is 2.18 bits per heavy atom. The van der Waals surface area contributed by atoms with Crippen LogP contribution in [0.2, 0.25) is 0 Å². The highest BCUT2D eigenvalue weighted by Crippen LogP contribution is 2.38. The summed E-state index contributed by atoms with van der Waals surface area (Å²) in [7, 11) is 0. The van der Waals surface area contributed by atoms with E-state index < -0.39 is 5.82 Å². The van der Waals surface area contributed by atoms with E-state index in [0.717, 1.165) is 29.4 Å². The lowest BCUT2D eigenvalue weighted by Gasteiger charge is -2.08. The third-order valence-electron chi connectivity index (χ3n) is 3.48. The van der Waals surface area contributed by atoms with Crippen molar-refractivity contribution >= 4 is 23.4 Å². The van der Waals surface area contributed by atoms with Crippen molar-refractivity contribution in [3.63, 3.8) is 0 Å². The molecule has 3 rings (SSSR count). The van der Waals surface area contributed by atoms with Crippen molar-refractivity contribution in [2.45, 2.75) is 37.9 Å². The second-order valence-electron chi connectivity index (χ2n) is 5.45. The molecule has 0 spiro atoms. The van der Waals surface area contributed by atoms with Crippen molar-refractivity contribution in [3.05, 3.63) is 35.4 Å². The van der Waals surface area contributed by atoms with E-state index >= 15 is 0 Å². The molecule has 0 bridgehead atoms. The number of thioether (sulfide) groups is 1. The van der Waals surface area contributed by atoms with Crippen molar-refractivity contribution in [2.24, 2.45) is 0 Å². The Labute approximate surface area is 132 Å². The van der Waals surface area contributed by atoms with Gasteiger partial charge in [0, 0.05) is 6.04 Å². The maximum Gasteiger partial charge on any atom is 0.234 e. The van der Waals surface area contributed by atoms with Crippen molar-refractivity contribution in [1.29, 1.82) is 0 Å². The van der Waals surface area contributed by atoms with E-state index in [2.05, 4.69) is 20.1 Å². The molecule has 1 fully saturated rings. The zero-order valence-electron chi connectivity index (χ0n) is 12.5. The van der Waals surface area contributed by atoms with Crippen LogP contribution in [0.15, 0.2) is 23.4 Å². The van der Waals surface area contributed by atoms with Crippen LogP contribution in [0.3, 0.4) is 0 Å². The van der Waals surface area contributed by atoms with Crippen LogP contribution in [-0.2, 0) is 4.79 Å². The number of anilines is 1. The number of nitrogens with one attached hydrogen (secondary N) is 1. The van der Waals surface area contributed by atoms with Crippen molar-refractivity contribution in [1.82, 2.24) is 14.8 Å². The first kappa shape index (κ1) is 15.0. The molecule has 1 heterocycles. The monoisotopic (exact) mass is 320 g/mol. The van der Waals surface area contributed by atoms with E-state index in [1.165, 1.54) is 17.8 Å². The molecule has 116 valence electrons. The second kappa shape index (κ2) is 6.08. The molecule has 0 aliphatic heterocycles. The summed E-state index contributed by atoms with van der Waals surface area (Å²) in [5.41, 5.74) is 1.02. The first-order valence-electron chi connectivity index (χ1n) is 7.15. The summed E-state index contributed by atoms with van der Waals surface area (Å²) in [6.45, 7) is 3.72. The highest BCUT2D eigenvalue weighted by atomic mass is 32.2. The van der Waals surface area contributed by atoms with Crippen LogP contribution in [0.25, 0.3) is 0 Å². The summed E-state index contributed by atoms with van der Waals surface area (Å²) in [4.78, 5) is 12.0. The number of amides is 1. The SMILES string of the molecule is Cc1ccc(NC(=O)CSc2nnc(C)n2C2CC2)c(F)c1. The maximum atomic E-state index is 13.7. The molecule has 1 aliphatic rings. The van der Waals surface area contributed by atoms with Crippen molar-refractivity contribution in [3.8, 4) is 0 Å². The molecule has 1 amide bonds. The fourth-order valence-corrected chi connectivity index (χ4v) is 3.09. The summed E-state index contributed by atoms with van der Waals surface area (Å²) in [6.07, 6.45) is 2.26. The standard InChI is InChI=1S/C15H17FN4OS/c1-9-3-6-13(12(16)7-9)17-14(21)8-22-15-19-18-10(2)20(15)11-4-5-11/h3,6-7,11H,4-5,8H2,1-2H3,(H,17,21). The predicted octanol–water partition coefficient (Wildman–Crippen LogP) is 3.10. The summed E-state index contributed by atoms with van der Waals surface area (Å²) < 4.78 is 15.8. The third-order valence-corrected chi connectivity index (χ3v) is 4.42. The number of rotatable bonds is 5. The Bertz CT molecular complexity index is 712. The maximum absolute atomic E-state index is 13.7. The summed E-state index contributed by atoms with van der Waals surface area (Å²) in [5, 5.41) is 11.5. The van der Waals surface area contributed by atoms with Gasteiger partial charge in [-0.1, -0.05) is 17.8 Å². The number of carbonyl (C=O) groups excluding carboxylic acids is 1. The molecular weight excluding hydrogens is 303 g/mol. The molecule has 2 aromatic rings. The highest BCUT2D eigenvalue weighted by Gasteiger charge is 2.28. The first-order valence-corrected chi connectivity index (χ1v) is 8.13. The third kappa shape index (κ3) is 3.30. The van der Waals surface area contributed by atoms with Crippen LogP contribution >= 0.6 is 11.8 Å². The molecular formula is C15H17FN4OS. The summed E-state index contributed by atoms with van der Waals surface area (Å²) >= 11 is 1.33. The molecule has 0 radical (unpaired) electrons. The smallest absolute Gasteiger partial charge is 0.234 e. The number of nitrogens with zero attached hydrogens (tertiary/aromatic N) is 3. The zero-order valence-corrected chi connectivity index (χ0v) is 13.3. The van der Waals surface area contributed by atoms with Gasteiger partial charge in [0.1, 0.15) is 11.6 Å². The van der Waals surface area contributed by atoms with Gasteiger partial charge >= 0.3 is 0 Å². The van der Waals surface area contributed by atoms with Crippen LogP contribution < -0.4 is 5.32 Å². The quantitative estimate of drug-likeness (QED) is 0.860. The van der Waals surface area contributed by atoms with E-state index in [0.29, 0.717) is 6.04 Å². The van der Waals surface area contributed by atoms with Gasteiger partial charge in [0.15, 0.2) is 5.16 Å². The van der Waals surface area contributed by atoms with Gasteiger partial charge in [-0.3, -0.25) is 4.79 Å². The van der Waals surface area contributed by atoms with Gasteiger partial charge in [-0.25, -0.2) is 4.39 Å². The van der Waals surface area contributed by atoms with Crippen LogP contribution in [0.5, 0.6) is 0 Å². The van der Waals surface area contributed by atoms with Crippen LogP contribution in [0, 0.1) is 19.7 Å². The molecule has 22 heavy (non-hydrogen) atoms. The molecule has 1 N–H and O–H groups in total. The lowest BCUT2D eigenvalue weighted by atomic mass is 10.2. The molecule has 0 atom stereocenters. The largest absolute Gasteiger partial charge is 0.323 e. The molecule has 0 unspecified atom stereocenters.